The first-order valence-electron chi connectivity index (χ1n) is 15.8. The van der Waals surface area contributed by atoms with E-state index >= 15 is 0 Å². The number of halogens is 1. The molecule has 0 radical (unpaired) electrons. The van der Waals surface area contributed by atoms with Crippen molar-refractivity contribution in [2.45, 2.75) is 57.5 Å². The molecule has 10 heteroatoms. The van der Waals surface area contributed by atoms with Gasteiger partial charge in [0.2, 0.25) is 11.8 Å². The van der Waals surface area contributed by atoms with Crippen molar-refractivity contribution in [2.24, 2.45) is 0 Å². The molecule has 4 aromatic carbocycles. The summed E-state index contributed by atoms with van der Waals surface area (Å²) in [7, 11) is -4.26. The highest BCUT2D eigenvalue weighted by Crippen LogP contribution is 2.33. The van der Waals surface area contributed by atoms with Gasteiger partial charge in [-0.05, 0) is 61.7 Å². The lowest BCUT2D eigenvalue weighted by atomic mass is 10.0. The summed E-state index contributed by atoms with van der Waals surface area (Å²) in [6, 6.07) is 28.8. The van der Waals surface area contributed by atoms with E-state index in [-0.39, 0.29) is 29.5 Å². The number of ether oxygens (including phenoxy) is 1. The van der Waals surface area contributed by atoms with E-state index in [1.54, 1.807) is 61.5 Å². The van der Waals surface area contributed by atoms with Crippen LogP contribution in [0.3, 0.4) is 0 Å². The van der Waals surface area contributed by atoms with Crippen LogP contribution in [-0.2, 0) is 32.6 Å². The molecular formula is C37H42ClN3O5S. The van der Waals surface area contributed by atoms with Crippen molar-refractivity contribution < 1.29 is 22.7 Å². The van der Waals surface area contributed by atoms with Crippen LogP contribution in [0.5, 0.6) is 5.75 Å². The highest BCUT2D eigenvalue weighted by atomic mass is 35.5. The van der Waals surface area contributed by atoms with Gasteiger partial charge in [0.05, 0.1) is 17.2 Å². The summed E-state index contributed by atoms with van der Waals surface area (Å²) in [6.45, 7) is 5.85. The Kier molecular flexibility index (Phi) is 12.8. The van der Waals surface area contributed by atoms with Crippen LogP contribution in [0.15, 0.2) is 108 Å². The number of hydrogen-bond donors (Lipinski definition) is 1. The van der Waals surface area contributed by atoms with Gasteiger partial charge in [0, 0.05) is 24.5 Å². The zero-order valence-electron chi connectivity index (χ0n) is 27.1. The lowest BCUT2D eigenvalue weighted by Crippen LogP contribution is -2.53. The number of carbonyl (C=O) groups excluding carboxylic acids is 2. The summed E-state index contributed by atoms with van der Waals surface area (Å²) in [6.07, 6.45) is 1.88. The highest BCUT2D eigenvalue weighted by molar-refractivity contribution is 7.92. The molecule has 0 aliphatic carbocycles. The quantitative estimate of drug-likeness (QED) is 0.132. The second-order valence-corrected chi connectivity index (χ2v) is 13.5. The summed E-state index contributed by atoms with van der Waals surface area (Å²) >= 11 is 6.58. The molecule has 4 aromatic rings. The Morgan fingerprint density at radius 3 is 2.21 bits per heavy atom. The maximum absolute atomic E-state index is 14.7. The van der Waals surface area contributed by atoms with Gasteiger partial charge < -0.3 is 15.0 Å². The van der Waals surface area contributed by atoms with Crippen LogP contribution >= 0.6 is 11.6 Å². The first kappa shape index (κ1) is 35.5. The van der Waals surface area contributed by atoms with Crippen LogP contribution in [-0.4, -0.2) is 50.9 Å². The number of para-hydroxylation sites is 2. The number of anilines is 1. The molecule has 1 unspecified atom stereocenters. The molecule has 1 N–H and O–H groups in total. The van der Waals surface area contributed by atoms with Crippen molar-refractivity contribution in [1.82, 2.24) is 10.2 Å². The van der Waals surface area contributed by atoms with E-state index in [4.69, 9.17) is 16.3 Å². The Bertz CT molecular complexity index is 1730. The van der Waals surface area contributed by atoms with Gasteiger partial charge in [-0.1, -0.05) is 103 Å². The maximum Gasteiger partial charge on any atom is 0.264 e. The molecular weight excluding hydrogens is 634 g/mol. The van der Waals surface area contributed by atoms with Crippen molar-refractivity contribution in [2.75, 3.05) is 24.0 Å². The van der Waals surface area contributed by atoms with Gasteiger partial charge in [0.25, 0.3) is 10.0 Å². The van der Waals surface area contributed by atoms with Crippen LogP contribution in [0.1, 0.15) is 43.4 Å². The van der Waals surface area contributed by atoms with Gasteiger partial charge in [-0.25, -0.2) is 8.42 Å². The third-order valence-electron chi connectivity index (χ3n) is 7.72. The average molecular weight is 676 g/mol. The molecule has 47 heavy (non-hydrogen) atoms. The molecule has 4 rings (SSSR count). The molecule has 0 aliphatic rings. The molecule has 0 saturated carbocycles. The first-order chi connectivity index (χ1) is 22.6. The lowest BCUT2D eigenvalue weighted by molar-refractivity contribution is -0.140. The topological polar surface area (TPSA) is 96.0 Å². The fourth-order valence-corrected chi connectivity index (χ4v) is 6.78. The Labute approximate surface area is 283 Å². The third kappa shape index (κ3) is 9.36. The Balaban J connectivity index is 1.83. The number of unbranched alkanes of at least 4 members (excludes halogenated alkanes) is 1. The van der Waals surface area contributed by atoms with Gasteiger partial charge in [0.15, 0.2) is 0 Å². The average Bonchev–Trinajstić information content (AvgIpc) is 3.07. The molecule has 0 spiro atoms. The molecule has 8 nitrogen and oxygen atoms in total. The first-order valence-corrected chi connectivity index (χ1v) is 17.6. The van der Waals surface area contributed by atoms with Gasteiger partial charge >= 0.3 is 0 Å². The van der Waals surface area contributed by atoms with Crippen molar-refractivity contribution >= 4 is 39.1 Å². The zero-order chi connectivity index (χ0) is 33.8. The number of nitrogens with zero attached hydrogens (tertiary/aromatic N) is 2. The number of rotatable bonds is 16. The second kappa shape index (κ2) is 17.0. The minimum atomic E-state index is -4.26. The number of benzene rings is 4. The van der Waals surface area contributed by atoms with Crippen LogP contribution in [0.4, 0.5) is 5.69 Å². The molecule has 0 saturated heterocycles. The predicted octanol–water partition coefficient (Wildman–Crippen LogP) is 6.80. The number of amides is 2. The van der Waals surface area contributed by atoms with Gasteiger partial charge in [-0.3, -0.25) is 13.9 Å². The van der Waals surface area contributed by atoms with Crippen molar-refractivity contribution in [3.8, 4) is 5.75 Å². The van der Waals surface area contributed by atoms with E-state index in [1.807, 2.05) is 50.2 Å². The molecule has 1 atom stereocenters. The van der Waals surface area contributed by atoms with Gasteiger partial charge in [0.1, 0.15) is 18.3 Å². The minimum absolute atomic E-state index is 0.0112. The summed E-state index contributed by atoms with van der Waals surface area (Å²) in [4.78, 5) is 30.0. The standard InChI is InChI=1S/C37H42ClN3O5S/c1-4-6-24-39-37(43)34(25-29-14-8-7-9-15-29)40(26-30-16-10-11-17-32(30)38)36(42)27-41(33-18-12-13-19-35(33)46-5-2)47(44,45)31-22-20-28(3)21-23-31/h7-23,34H,4-6,24-27H2,1-3H3,(H,39,43). The van der Waals surface area contributed by atoms with E-state index in [9.17, 15) is 18.0 Å². The second-order valence-electron chi connectivity index (χ2n) is 11.2. The van der Waals surface area contributed by atoms with E-state index in [2.05, 4.69) is 5.32 Å². The molecule has 248 valence electrons. The van der Waals surface area contributed by atoms with Crippen LogP contribution in [0.25, 0.3) is 0 Å². The molecule has 2 amide bonds. The summed E-state index contributed by atoms with van der Waals surface area (Å²) in [5.74, 6) is -0.585. The van der Waals surface area contributed by atoms with E-state index in [0.717, 1.165) is 28.3 Å². The number of carbonyl (C=O) groups is 2. The molecule has 0 bridgehead atoms. The number of nitrogens with one attached hydrogen (secondary N) is 1. The van der Waals surface area contributed by atoms with Crippen molar-refractivity contribution in [1.29, 1.82) is 0 Å². The van der Waals surface area contributed by atoms with Crippen molar-refractivity contribution in [3.05, 3.63) is 125 Å². The molecule has 0 aromatic heterocycles. The molecule has 0 aliphatic heterocycles. The maximum atomic E-state index is 14.7. The van der Waals surface area contributed by atoms with E-state index in [0.29, 0.717) is 29.5 Å². The number of hydrogen-bond acceptors (Lipinski definition) is 5. The minimum Gasteiger partial charge on any atom is -0.492 e. The lowest BCUT2D eigenvalue weighted by Gasteiger charge is -2.34. The Hall–Kier alpha value is -4.34. The van der Waals surface area contributed by atoms with E-state index < -0.39 is 28.5 Å². The summed E-state index contributed by atoms with van der Waals surface area (Å²) in [5.41, 5.74) is 2.59. The number of aryl methyl sites for hydroxylation is 1. The largest absolute Gasteiger partial charge is 0.492 e. The fourth-order valence-electron chi connectivity index (χ4n) is 5.16. The molecule has 0 heterocycles. The Morgan fingerprint density at radius 2 is 1.53 bits per heavy atom. The SMILES string of the molecule is CCCCNC(=O)C(Cc1ccccc1)N(Cc1ccccc1Cl)C(=O)CN(c1ccccc1OCC)S(=O)(=O)c1ccc(C)cc1. The zero-order valence-corrected chi connectivity index (χ0v) is 28.6. The van der Waals surface area contributed by atoms with E-state index in [1.165, 1.54) is 17.0 Å². The van der Waals surface area contributed by atoms with Crippen LogP contribution < -0.4 is 14.4 Å². The van der Waals surface area contributed by atoms with Gasteiger partial charge in [-0.15, -0.1) is 0 Å². The normalized spacial score (nSPS) is 11.8. The summed E-state index contributed by atoms with van der Waals surface area (Å²) in [5, 5.41) is 3.43. The van der Waals surface area contributed by atoms with Gasteiger partial charge in [-0.2, -0.15) is 0 Å². The fraction of sp³-hybridized carbons (Fsp3) is 0.297. The van der Waals surface area contributed by atoms with Crippen molar-refractivity contribution in [3.63, 3.8) is 0 Å². The monoisotopic (exact) mass is 675 g/mol. The summed E-state index contributed by atoms with van der Waals surface area (Å²) < 4.78 is 35.6. The molecule has 0 fully saturated rings. The predicted molar refractivity (Wildman–Crippen MR) is 187 cm³/mol. The smallest absolute Gasteiger partial charge is 0.264 e. The van der Waals surface area contributed by atoms with Crippen LogP contribution in [0, 0.1) is 6.92 Å². The number of sulfonamides is 1. The Morgan fingerprint density at radius 1 is 0.872 bits per heavy atom. The highest BCUT2D eigenvalue weighted by Gasteiger charge is 2.35. The third-order valence-corrected chi connectivity index (χ3v) is 9.86. The van der Waals surface area contributed by atoms with Crippen LogP contribution in [0.2, 0.25) is 5.02 Å².